The molecule has 4 rings (SSSR count). The molecule has 2 N–H and O–H groups in total. The number of carboxylic acid groups (broad SMARTS) is 1. The number of aliphatic carboxylic acids is 1. The fraction of sp³-hybridized carbons (Fsp3) is 0.389. The molecular formula is C18H18F2N4O5. The van der Waals surface area contributed by atoms with Gasteiger partial charge in [0.15, 0.2) is 5.82 Å². The van der Waals surface area contributed by atoms with Crippen molar-refractivity contribution >= 4 is 23.6 Å². The van der Waals surface area contributed by atoms with Crippen LogP contribution in [0.3, 0.4) is 0 Å². The summed E-state index contributed by atoms with van der Waals surface area (Å²) in [5.74, 6) is 0.0871. The summed E-state index contributed by atoms with van der Waals surface area (Å²) in [6, 6.07) is 3.65. The predicted octanol–water partition coefficient (Wildman–Crippen LogP) is 2.34. The minimum absolute atomic E-state index is 0.133. The summed E-state index contributed by atoms with van der Waals surface area (Å²) in [4.78, 5) is 28.2. The van der Waals surface area contributed by atoms with E-state index in [1.54, 1.807) is 29.7 Å². The van der Waals surface area contributed by atoms with Crippen LogP contribution in [-0.4, -0.2) is 58.9 Å². The molecule has 1 fully saturated rings. The van der Waals surface area contributed by atoms with Crippen molar-refractivity contribution in [2.45, 2.75) is 25.9 Å². The summed E-state index contributed by atoms with van der Waals surface area (Å²) in [5, 5.41) is 11.6. The van der Waals surface area contributed by atoms with Crippen LogP contribution in [0.15, 0.2) is 18.2 Å². The Bertz CT molecular complexity index is 977. The van der Waals surface area contributed by atoms with E-state index in [1.165, 1.54) is 0 Å². The van der Waals surface area contributed by atoms with Gasteiger partial charge in [-0.1, -0.05) is 0 Å². The van der Waals surface area contributed by atoms with Crippen LogP contribution < -0.4 is 15.0 Å². The van der Waals surface area contributed by atoms with Gasteiger partial charge in [-0.25, -0.2) is 23.5 Å². The normalized spacial score (nSPS) is 18.0. The average molecular weight is 408 g/mol. The van der Waals surface area contributed by atoms with E-state index in [0.29, 0.717) is 41.7 Å². The maximum atomic E-state index is 13.4. The van der Waals surface area contributed by atoms with Crippen LogP contribution in [0, 0.1) is 6.92 Å². The number of hydrogen-bond acceptors (Lipinski definition) is 6. The molecule has 1 atom stereocenters. The Kier molecular flexibility index (Phi) is 4.73. The van der Waals surface area contributed by atoms with Crippen LogP contribution in [0.25, 0.3) is 11.4 Å². The Morgan fingerprint density at radius 3 is 2.93 bits per heavy atom. The molecule has 2 aromatic rings. The van der Waals surface area contributed by atoms with E-state index in [1.807, 2.05) is 0 Å². The van der Waals surface area contributed by atoms with Crippen LogP contribution in [-0.2, 0) is 16.1 Å². The maximum Gasteiger partial charge on any atom is 0.416 e. The SMILES string of the molecule is Cc1c(N2C(=O)OCC2C(F)F)nc2n1CCOc1cc(NCC(=O)O)ccc1-2. The first kappa shape index (κ1) is 19.0. The van der Waals surface area contributed by atoms with Gasteiger partial charge in [0.2, 0.25) is 0 Å². The molecule has 1 aromatic heterocycles. The number of carbonyl (C=O) groups excluding carboxylic acids is 1. The number of aromatic nitrogens is 2. The summed E-state index contributed by atoms with van der Waals surface area (Å²) in [6.45, 7) is 1.76. The van der Waals surface area contributed by atoms with Gasteiger partial charge in [-0.05, 0) is 19.1 Å². The smallest absolute Gasteiger partial charge is 0.416 e. The minimum Gasteiger partial charge on any atom is -0.491 e. The number of imidazole rings is 1. The Morgan fingerprint density at radius 1 is 1.41 bits per heavy atom. The summed E-state index contributed by atoms with van der Waals surface area (Å²) < 4.78 is 39.1. The lowest BCUT2D eigenvalue weighted by atomic mass is 10.1. The minimum atomic E-state index is -2.76. The van der Waals surface area contributed by atoms with E-state index in [4.69, 9.17) is 14.6 Å². The molecular weight excluding hydrogens is 390 g/mol. The molecule has 0 bridgehead atoms. The first-order chi connectivity index (χ1) is 13.9. The maximum absolute atomic E-state index is 13.4. The zero-order valence-electron chi connectivity index (χ0n) is 15.4. The van der Waals surface area contributed by atoms with Gasteiger partial charge in [0.05, 0.1) is 17.8 Å². The third-order valence-corrected chi connectivity index (χ3v) is 4.86. The molecule has 1 saturated heterocycles. The first-order valence-corrected chi connectivity index (χ1v) is 8.91. The molecule has 1 aromatic carbocycles. The number of carbonyl (C=O) groups is 2. The number of carboxylic acids is 1. The quantitative estimate of drug-likeness (QED) is 0.782. The van der Waals surface area contributed by atoms with Gasteiger partial charge in [0, 0.05) is 11.8 Å². The highest BCUT2D eigenvalue weighted by Gasteiger charge is 2.43. The van der Waals surface area contributed by atoms with Gasteiger partial charge < -0.3 is 24.5 Å². The molecule has 2 aliphatic heterocycles. The topological polar surface area (TPSA) is 106 Å². The monoisotopic (exact) mass is 408 g/mol. The molecule has 1 amide bonds. The number of hydrogen-bond donors (Lipinski definition) is 2. The highest BCUT2D eigenvalue weighted by Crippen LogP contribution is 2.38. The van der Waals surface area contributed by atoms with Crippen molar-refractivity contribution in [1.29, 1.82) is 0 Å². The molecule has 1 unspecified atom stereocenters. The van der Waals surface area contributed by atoms with Crippen LogP contribution in [0.2, 0.25) is 0 Å². The van der Waals surface area contributed by atoms with Crippen molar-refractivity contribution in [1.82, 2.24) is 9.55 Å². The Hall–Kier alpha value is -3.37. The summed E-state index contributed by atoms with van der Waals surface area (Å²) in [5.41, 5.74) is 1.72. The Labute approximate surface area is 163 Å². The first-order valence-electron chi connectivity index (χ1n) is 8.91. The van der Waals surface area contributed by atoms with E-state index in [9.17, 15) is 18.4 Å². The van der Waals surface area contributed by atoms with E-state index in [2.05, 4.69) is 10.3 Å². The van der Waals surface area contributed by atoms with E-state index < -0.39 is 31.1 Å². The number of ether oxygens (including phenoxy) is 2. The fourth-order valence-corrected chi connectivity index (χ4v) is 3.45. The zero-order valence-corrected chi connectivity index (χ0v) is 15.4. The molecule has 154 valence electrons. The van der Waals surface area contributed by atoms with Crippen molar-refractivity contribution in [2.24, 2.45) is 0 Å². The Balaban J connectivity index is 1.74. The van der Waals surface area contributed by atoms with Crippen molar-refractivity contribution in [3.05, 3.63) is 23.9 Å². The van der Waals surface area contributed by atoms with Gasteiger partial charge >= 0.3 is 12.1 Å². The van der Waals surface area contributed by atoms with Crippen molar-refractivity contribution in [2.75, 3.05) is 30.0 Å². The molecule has 0 radical (unpaired) electrons. The summed E-state index contributed by atoms with van der Waals surface area (Å²) in [6.07, 6.45) is -3.61. The molecule has 0 aliphatic carbocycles. The molecule has 29 heavy (non-hydrogen) atoms. The van der Waals surface area contributed by atoms with E-state index >= 15 is 0 Å². The van der Waals surface area contributed by atoms with Gasteiger partial charge in [0.1, 0.15) is 37.4 Å². The highest BCUT2D eigenvalue weighted by atomic mass is 19.3. The second kappa shape index (κ2) is 7.22. The molecule has 2 aliphatic rings. The molecule has 0 spiro atoms. The highest BCUT2D eigenvalue weighted by molar-refractivity contribution is 5.90. The van der Waals surface area contributed by atoms with E-state index in [0.717, 1.165) is 4.90 Å². The standard InChI is InChI=1S/C18H18F2N4O5/c1-9-16(24-12(15(19)20)8-29-18(24)27)22-17-11-3-2-10(21-7-14(25)26)6-13(11)28-5-4-23(9)17/h2-3,6,12,15,21H,4-5,7-8H2,1H3,(H,25,26). The van der Waals surface area contributed by atoms with Crippen molar-refractivity contribution < 1.29 is 33.0 Å². The third kappa shape index (κ3) is 3.32. The van der Waals surface area contributed by atoms with Gasteiger partial charge in [-0.2, -0.15) is 0 Å². The lowest BCUT2D eigenvalue weighted by molar-refractivity contribution is -0.134. The lowest BCUT2D eigenvalue weighted by Gasteiger charge is -2.19. The number of anilines is 2. The van der Waals surface area contributed by atoms with Crippen molar-refractivity contribution in [3.63, 3.8) is 0 Å². The number of benzene rings is 1. The second-order valence-electron chi connectivity index (χ2n) is 6.65. The third-order valence-electron chi connectivity index (χ3n) is 4.86. The van der Waals surface area contributed by atoms with Gasteiger partial charge in [-0.15, -0.1) is 0 Å². The van der Waals surface area contributed by atoms with Crippen LogP contribution >= 0.6 is 0 Å². The number of halogens is 2. The summed E-state index contributed by atoms with van der Waals surface area (Å²) >= 11 is 0. The number of nitrogens with zero attached hydrogens (tertiary/aromatic N) is 3. The zero-order chi connectivity index (χ0) is 20.7. The molecule has 3 heterocycles. The second-order valence-corrected chi connectivity index (χ2v) is 6.65. The van der Waals surface area contributed by atoms with Crippen LogP contribution in [0.4, 0.5) is 25.1 Å². The van der Waals surface area contributed by atoms with E-state index in [-0.39, 0.29) is 12.4 Å². The summed E-state index contributed by atoms with van der Waals surface area (Å²) in [7, 11) is 0. The number of amides is 1. The van der Waals surface area contributed by atoms with Crippen LogP contribution in [0.1, 0.15) is 5.69 Å². The van der Waals surface area contributed by atoms with Crippen LogP contribution in [0.5, 0.6) is 5.75 Å². The Morgan fingerprint density at radius 2 is 2.21 bits per heavy atom. The number of rotatable bonds is 5. The molecule has 0 saturated carbocycles. The fourth-order valence-electron chi connectivity index (χ4n) is 3.45. The lowest BCUT2D eigenvalue weighted by Crippen LogP contribution is -2.39. The number of nitrogens with one attached hydrogen (secondary N) is 1. The van der Waals surface area contributed by atoms with Gasteiger partial charge in [-0.3, -0.25) is 4.79 Å². The van der Waals surface area contributed by atoms with Gasteiger partial charge in [0.25, 0.3) is 6.43 Å². The largest absolute Gasteiger partial charge is 0.491 e. The van der Waals surface area contributed by atoms with Crippen molar-refractivity contribution in [3.8, 4) is 17.1 Å². The molecule has 9 nitrogen and oxygen atoms in total. The molecule has 11 heteroatoms. The predicted molar refractivity (Wildman–Crippen MR) is 97.6 cm³/mol. The number of cyclic esters (lactones) is 1. The number of alkyl halides is 2. The average Bonchev–Trinajstić information content (AvgIpc) is 3.14. The number of fused-ring (bicyclic) bond motifs is 3.